The van der Waals surface area contributed by atoms with Crippen molar-refractivity contribution in [3.8, 4) is 11.5 Å². The molecule has 0 aliphatic heterocycles. The third kappa shape index (κ3) is 3.79. The summed E-state index contributed by atoms with van der Waals surface area (Å²) in [4.78, 5) is 10.5. The molecule has 0 radical (unpaired) electrons. The lowest BCUT2D eigenvalue weighted by atomic mass is 10.1. The lowest BCUT2D eigenvalue weighted by Gasteiger charge is -2.15. The Kier molecular flexibility index (Phi) is 5.12. The number of halogens is 2. The molecule has 0 unspecified atom stereocenters. The van der Waals surface area contributed by atoms with E-state index in [4.69, 9.17) is 9.47 Å². The van der Waals surface area contributed by atoms with Crippen LogP contribution >= 0.6 is 0 Å². The Bertz CT molecular complexity index is 930. The van der Waals surface area contributed by atoms with Crippen molar-refractivity contribution in [3.05, 3.63) is 47.5 Å². The first-order valence-corrected chi connectivity index (χ1v) is 8.15. The first-order chi connectivity index (χ1) is 11.7. The van der Waals surface area contributed by atoms with Crippen LogP contribution in [0.15, 0.2) is 35.2 Å². The van der Waals surface area contributed by atoms with Gasteiger partial charge in [-0.3, -0.25) is 4.72 Å². The van der Waals surface area contributed by atoms with E-state index in [9.17, 15) is 27.1 Å². The van der Waals surface area contributed by atoms with Crippen LogP contribution in [0.4, 0.5) is 14.5 Å². The van der Waals surface area contributed by atoms with Crippen LogP contribution in [0.3, 0.4) is 0 Å². The van der Waals surface area contributed by atoms with E-state index in [0.29, 0.717) is 6.07 Å². The first kappa shape index (κ1) is 18.5. The molecular formula is C15H13F2NO6S. The first-order valence-electron chi connectivity index (χ1n) is 6.66. The maximum atomic E-state index is 13.8. The normalized spacial score (nSPS) is 11.0. The molecule has 2 rings (SSSR count). The Morgan fingerprint density at radius 1 is 1.08 bits per heavy atom. The van der Waals surface area contributed by atoms with Crippen LogP contribution in [0.5, 0.6) is 11.5 Å². The number of hydrogen-bond donors (Lipinski definition) is 2. The summed E-state index contributed by atoms with van der Waals surface area (Å²) in [5, 5.41) is 9.25. The summed E-state index contributed by atoms with van der Waals surface area (Å²) in [6.07, 6.45) is 0. The average molecular weight is 373 g/mol. The fourth-order valence-corrected chi connectivity index (χ4v) is 3.16. The molecule has 0 aliphatic carbocycles. The molecule has 0 heterocycles. The minimum absolute atomic E-state index is 0.0600. The number of sulfonamides is 1. The highest BCUT2D eigenvalue weighted by Gasteiger charge is 2.24. The predicted molar refractivity (Wildman–Crippen MR) is 83.7 cm³/mol. The molecule has 2 aromatic rings. The van der Waals surface area contributed by atoms with Gasteiger partial charge in [-0.15, -0.1) is 0 Å². The Hall–Kier alpha value is -2.88. The van der Waals surface area contributed by atoms with Gasteiger partial charge in [0.25, 0.3) is 10.0 Å². The summed E-state index contributed by atoms with van der Waals surface area (Å²) < 4.78 is 63.3. The van der Waals surface area contributed by atoms with Gasteiger partial charge in [-0.1, -0.05) is 0 Å². The molecule has 134 valence electrons. The number of ether oxygens (including phenoxy) is 2. The summed E-state index contributed by atoms with van der Waals surface area (Å²) in [6, 6.07) is 4.04. The highest BCUT2D eigenvalue weighted by molar-refractivity contribution is 7.92. The molecule has 2 N–H and O–H groups in total. The van der Waals surface area contributed by atoms with Gasteiger partial charge in [0.1, 0.15) is 16.5 Å². The maximum absolute atomic E-state index is 13.8. The number of nitrogens with one attached hydrogen (secondary N) is 1. The molecule has 0 saturated carbocycles. The summed E-state index contributed by atoms with van der Waals surface area (Å²) >= 11 is 0. The fourth-order valence-electron chi connectivity index (χ4n) is 2.03. The zero-order valence-corrected chi connectivity index (χ0v) is 13.9. The van der Waals surface area contributed by atoms with E-state index in [1.165, 1.54) is 14.2 Å². The van der Waals surface area contributed by atoms with Crippen LogP contribution in [-0.4, -0.2) is 33.7 Å². The third-order valence-electron chi connectivity index (χ3n) is 3.18. The van der Waals surface area contributed by atoms with E-state index < -0.39 is 38.1 Å². The van der Waals surface area contributed by atoms with Gasteiger partial charge in [-0.05, 0) is 12.1 Å². The molecule has 7 nitrogen and oxygen atoms in total. The standard InChI is InChI=1S/C15H13F2NO6S/c1-23-12-6-9(15(19)20)11(7-13(12)24-2)18-25(21,22)14-4-3-8(16)5-10(14)17/h3-7,18H,1-2H3,(H,19,20). The number of carbonyl (C=O) groups is 1. The Morgan fingerprint density at radius 2 is 1.68 bits per heavy atom. The smallest absolute Gasteiger partial charge is 0.337 e. The molecule has 0 amide bonds. The topological polar surface area (TPSA) is 102 Å². The Labute approximate surface area is 141 Å². The lowest BCUT2D eigenvalue weighted by Crippen LogP contribution is -2.17. The predicted octanol–water partition coefficient (Wildman–Crippen LogP) is 2.48. The van der Waals surface area contributed by atoms with Crippen molar-refractivity contribution in [2.24, 2.45) is 0 Å². The SMILES string of the molecule is COc1cc(NS(=O)(=O)c2ccc(F)cc2F)c(C(=O)O)cc1OC. The highest BCUT2D eigenvalue weighted by Crippen LogP contribution is 2.34. The second-order valence-electron chi connectivity index (χ2n) is 4.74. The molecule has 0 aliphatic rings. The summed E-state index contributed by atoms with van der Waals surface area (Å²) in [5.74, 6) is -3.59. The number of hydrogen-bond acceptors (Lipinski definition) is 5. The van der Waals surface area contributed by atoms with E-state index in [1.54, 1.807) is 0 Å². The number of rotatable bonds is 6. The summed E-state index contributed by atoms with van der Waals surface area (Å²) in [5.41, 5.74) is -0.808. The van der Waals surface area contributed by atoms with Crippen molar-refractivity contribution < 1.29 is 36.6 Å². The van der Waals surface area contributed by atoms with Crippen molar-refractivity contribution in [1.82, 2.24) is 0 Å². The minimum Gasteiger partial charge on any atom is -0.493 e. The van der Waals surface area contributed by atoms with Gasteiger partial charge in [0.05, 0.1) is 25.5 Å². The van der Waals surface area contributed by atoms with Gasteiger partial charge in [-0.2, -0.15) is 0 Å². The molecule has 0 bridgehead atoms. The molecule has 0 saturated heterocycles. The Morgan fingerprint density at radius 3 is 2.20 bits per heavy atom. The summed E-state index contributed by atoms with van der Waals surface area (Å²) in [7, 11) is -1.96. The summed E-state index contributed by atoms with van der Waals surface area (Å²) in [6.45, 7) is 0. The van der Waals surface area contributed by atoms with Crippen molar-refractivity contribution in [2.45, 2.75) is 4.90 Å². The van der Waals surface area contributed by atoms with Gasteiger partial charge >= 0.3 is 5.97 Å². The van der Waals surface area contributed by atoms with Gasteiger partial charge in [0.15, 0.2) is 11.5 Å². The van der Waals surface area contributed by atoms with Crippen molar-refractivity contribution in [2.75, 3.05) is 18.9 Å². The van der Waals surface area contributed by atoms with Gasteiger partial charge in [0.2, 0.25) is 0 Å². The number of benzene rings is 2. The molecular weight excluding hydrogens is 360 g/mol. The highest BCUT2D eigenvalue weighted by atomic mass is 32.2. The molecule has 0 fully saturated rings. The van der Waals surface area contributed by atoms with Crippen LogP contribution in [-0.2, 0) is 10.0 Å². The zero-order chi connectivity index (χ0) is 18.8. The number of carboxylic acid groups (broad SMARTS) is 1. The molecule has 10 heteroatoms. The quantitative estimate of drug-likeness (QED) is 0.807. The van der Waals surface area contributed by atoms with Crippen LogP contribution in [0.2, 0.25) is 0 Å². The number of aromatic carboxylic acids is 1. The molecule has 25 heavy (non-hydrogen) atoms. The van der Waals surface area contributed by atoms with Crippen molar-refractivity contribution >= 4 is 21.7 Å². The Balaban J connectivity index is 2.56. The number of methoxy groups -OCH3 is 2. The van der Waals surface area contributed by atoms with E-state index in [2.05, 4.69) is 0 Å². The van der Waals surface area contributed by atoms with E-state index >= 15 is 0 Å². The number of carboxylic acids is 1. The van der Waals surface area contributed by atoms with Gasteiger partial charge < -0.3 is 14.6 Å². The van der Waals surface area contributed by atoms with E-state index in [0.717, 1.165) is 24.3 Å². The zero-order valence-electron chi connectivity index (χ0n) is 13.0. The van der Waals surface area contributed by atoms with Crippen molar-refractivity contribution in [1.29, 1.82) is 0 Å². The molecule has 0 atom stereocenters. The van der Waals surface area contributed by atoms with Crippen LogP contribution in [0, 0.1) is 11.6 Å². The second kappa shape index (κ2) is 6.93. The maximum Gasteiger partial charge on any atom is 0.337 e. The monoisotopic (exact) mass is 373 g/mol. The third-order valence-corrected chi connectivity index (χ3v) is 4.58. The lowest BCUT2D eigenvalue weighted by molar-refractivity contribution is 0.0697. The molecule has 0 aromatic heterocycles. The van der Waals surface area contributed by atoms with Crippen LogP contribution < -0.4 is 14.2 Å². The fraction of sp³-hybridized carbons (Fsp3) is 0.133. The second-order valence-corrected chi connectivity index (χ2v) is 6.39. The largest absolute Gasteiger partial charge is 0.493 e. The molecule has 2 aromatic carbocycles. The van der Waals surface area contributed by atoms with E-state index in [1.807, 2.05) is 4.72 Å². The van der Waals surface area contributed by atoms with E-state index in [-0.39, 0.29) is 17.2 Å². The van der Waals surface area contributed by atoms with Gasteiger partial charge in [-0.25, -0.2) is 22.0 Å². The van der Waals surface area contributed by atoms with Gasteiger partial charge in [0, 0.05) is 18.2 Å². The average Bonchev–Trinajstić information content (AvgIpc) is 2.53. The molecule has 0 spiro atoms. The van der Waals surface area contributed by atoms with Crippen LogP contribution in [0.25, 0.3) is 0 Å². The number of anilines is 1. The van der Waals surface area contributed by atoms with Crippen LogP contribution in [0.1, 0.15) is 10.4 Å². The minimum atomic E-state index is -4.51. The van der Waals surface area contributed by atoms with Crippen molar-refractivity contribution in [3.63, 3.8) is 0 Å².